The van der Waals surface area contributed by atoms with Crippen LogP contribution >= 0.6 is 0 Å². The molecule has 1 unspecified atom stereocenters. The highest BCUT2D eigenvalue weighted by atomic mass is 16.6. The fraction of sp³-hybridized carbons (Fsp3) is 0.641. The van der Waals surface area contributed by atoms with E-state index in [9.17, 15) is 14.4 Å². The first-order valence-corrected chi connectivity index (χ1v) is 28.6. The van der Waals surface area contributed by atoms with Gasteiger partial charge in [-0.25, -0.2) is 0 Å². The predicted octanol–water partition coefficient (Wildman–Crippen LogP) is 19.3. The van der Waals surface area contributed by atoms with E-state index in [1.807, 2.05) is 0 Å². The number of unbranched alkanes of at least 4 members (excludes halogenated alkanes) is 24. The van der Waals surface area contributed by atoms with Crippen LogP contribution in [-0.4, -0.2) is 37.2 Å². The molecule has 0 bridgehead atoms. The zero-order chi connectivity index (χ0) is 50.7. The first kappa shape index (κ1) is 65.8. The molecule has 6 heteroatoms. The number of hydrogen-bond donors (Lipinski definition) is 0. The molecule has 0 aliphatic rings. The standard InChI is InChI=1S/C64H104O6/c1-4-7-10-13-16-19-22-25-28-31-33-36-39-42-45-48-51-54-57-63(66)69-60-61(59-68-62(65)56-53-50-47-44-41-38-35-30-27-24-21-18-15-12-9-6-3)70-64(67)58-55-52-49-46-43-40-37-34-32-29-26-23-20-17-14-11-8-5-2/h9,12,16,18-19,21-23,25-34,36-37,61H,4-8,10-11,13-15,17,20,24,35,38-60H2,1-3H3/b12-9-,19-16-,21-18-,25-22-,26-23-,30-27-,31-28-,32-29-,36-33-,37-34-. The van der Waals surface area contributed by atoms with Crippen LogP contribution in [0.25, 0.3) is 0 Å². The van der Waals surface area contributed by atoms with Crippen LogP contribution in [0.1, 0.15) is 245 Å². The van der Waals surface area contributed by atoms with E-state index in [4.69, 9.17) is 14.2 Å². The molecule has 0 aromatic carbocycles. The summed E-state index contributed by atoms with van der Waals surface area (Å²) in [6, 6.07) is 0. The van der Waals surface area contributed by atoms with Gasteiger partial charge in [-0.2, -0.15) is 0 Å². The Morgan fingerprint density at radius 3 is 1.03 bits per heavy atom. The Kier molecular flexibility index (Phi) is 54.0. The molecule has 396 valence electrons. The average Bonchev–Trinajstić information content (AvgIpc) is 3.36. The Bertz CT molecular complexity index is 1490. The summed E-state index contributed by atoms with van der Waals surface area (Å²) in [7, 11) is 0. The summed E-state index contributed by atoms with van der Waals surface area (Å²) < 4.78 is 16.8. The predicted molar refractivity (Wildman–Crippen MR) is 302 cm³/mol. The summed E-state index contributed by atoms with van der Waals surface area (Å²) in [5.41, 5.74) is 0. The second-order valence-electron chi connectivity index (χ2n) is 18.6. The summed E-state index contributed by atoms with van der Waals surface area (Å²) in [6.07, 6.45) is 78.9. The lowest BCUT2D eigenvalue weighted by molar-refractivity contribution is -0.167. The van der Waals surface area contributed by atoms with Crippen molar-refractivity contribution in [1.29, 1.82) is 0 Å². The molecule has 0 radical (unpaired) electrons. The van der Waals surface area contributed by atoms with Crippen molar-refractivity contribution in [3.05, 3.63) is 122 Å². The molecule has 0 saturated carbocycles. The molecule has 6 nitrogen and oxygen atoms in total. The third-order valence-electron chi connectivity index (χ3n) is 11.8. The van der Waals surface area contributed by atoms with Gasteiger partial charge in [0.05, 0.1) is 0 Å². The van der Waals surface area contributed by atoms with Crippen molar-refractivity contribution in [2.24, 2.45) is 0 Å². The lowest BCUT2D eigenvalue weighted by Gasteiger charge is -2.18. The molecule has 0 heterocycles. The largest absolute Gasteiger partial charge is 0.462 e. The number of esters is 3. The number of hydrogen-bond acceptors (Lipinski definition) is 6. The van der Waals surface area contributed by atoms with Crippen molar-refractivity contribution in [3.63, 3.8) is 0 Å². The average molecular weight is 970 g/mol. The van der Waals surface area contributed by atoms with Crippen molar-refractivity contribution in [3.8, 4) is 0 Å². The molecular weight excluding hydrogens is 865 g/mol. The van der Waals surface area contributed by atoms with Crippen LogP contribution in [-0.2, 0) is 28.6 Å². The van der Waals surface area contributed by atoms with Gasteiger partial charge in [0.15, 0.2) is 6.10 Å². The summed E-state index contributed by atoms with van der Waals surface area (Å²) in [6.45, 7) is 6.42. The highest BCUT2D eigenvalue weighted by molar-refractivity contribution is 5.71. The van der Waals surface area contributed by atoms with Gasteiger partial charge in [-0.1, -0.05) is 245 Å². The van der Waals surface area contributed by atoms with Gasteiger partial charge >= 0.3 is 17.9 Å². The minimum Gasteiger partial charge on any atom is -0.462 e. The minimum absolute atomic E-state index is 0.105. The second-order valence-corrected chi connectivity index (χ2v) is 18.6. The zero-order valence-corrected chi connectivity index (χ0v) is 45.2. The van der Waals surface area contributed by atoms with Crippen LogP contribution in [0, 0.1) is 0 Å². The Balaban J connectivity index is 4.53. The van der Waals surface area contributed by atoms with E-state index >= 15 is 0 Å². The van der Waals surface area contributed by atoms with Gasteiger partial charge in [0.2, 0.25) is 0 Å². The highest BCUT2D eigenvalue weighted by Gasteiger charge is 2.19. The van der Waals surface area contributed by atoms with Crippen molar-refractivity contribution < 1.29 is 28.6 Å². The Labute approximate surface area is 431 Å². The third kappa shape index (κ3) is 54.7. The van der Waals surface area contributed by atoms with E-state index < -0.39 is 6.10 Å². The number of ether oxygens (including phenoxy) is 3. The molecule has 0 saturated heterocycles. The molecule has 0 spiro atoms. The summed E-state index contributed by atoms with van der Waals surface area (Å²) in [4.78, 5) is 38.2. The normalized spacial score (nSPS) is 13.0. The second kappa shape index (κ2) is 57.4. The van der Waals surface area contributed by atoms with Gasteiger partial charge in [-0.05, 0) is 103 Å². The van der Waals surface area contributed by atoms with Crippen LogP contribution in [0.4, 0.5) is 0 Å². The highest BCUT2D eigenvalue weighted by Crippen LogP contribution is 2.14. The molecule has 0 rings (SSSR count). The van der Waals surface area contributed by atoms with Gasteiger partial charge in [-0.3, -0.25) is 14.4 Å². The summed E-state index contributed by atoms with van der Waals surface area (Å²) in [5.74, 6) is -0.961. The number of carbonyl (C=O) groups excluding carboxylic acids is 3. The SMILES string of the molecule is CC/C=C\C/C=C\C/C=C\CCCCCCCCC(=O)OCC(COC(=O)CCCCCCC\C=C/C=C\C=C/C=C\CCCCC)OC(=O)CCCCCCC\C=C/C=C\C=C/CCCCCCC. The van der Waals surface area contributed by atoms with Crippen LogP contribution in [0.5, 0.6) is 0 Å². The van der Waals surface area contributed by atoms with Crippen LogP contribution in [0.2, 0.25) is 0 Å². The van der Waals surface area contributed by atoms with Gasteiger partial charge in [0.25, 0.3) is 0 Å². The van der Waals surface area contributed by atoms with Crippen LogP contribution in [0.15, 0.2) is 122 Å². The monoisotopic (exact) mass is 969 g/mol. The maximum atomic E-state index is 12.9. The zero-order valence-electron chi connectivity index (χ0n) is 45.2. The van der Waals surface area contributed by atoms with E-state index in [0.29, 0.717) is 19.3 Å². The molecule has 0 aliphatic heterocycles. The summed E-state index contributed by atoms with van der Waals surface area (Å²) >= 11 is 0. The van der Waals surface area contributed by atoms with Crippen molar-refractivity contribution in [1.82, 2.24) is 0 Å². The van der Waals surface area contributed by atoms with Gasteiger partial charge in [0, 0.05) is 19.3 Å². The number of allylic oxidation sites excluding steroid dienone is 20. The topological polar surface area (TPSA) is 78.9 Å². The molecule has 0 N–H and O–H groups in total. The lowest BCUT2D eigenvalue weighted by atomic mass is 10.1. The van der Waals surface area contributed by atoms with Gasteiger partial charge in [0.1, 0.15) is 13.2 Å². The van der Waals surface area contributed by atoms with E-state index in [-0.39, 0.29) is 31.1 Å². The van der Waals surface area contributed by atoms with Crippen molar-refractivity contribution >= 4 is 17.9 Å². The maximum Gasteiger partial charge on any atom is 0.306 e. The minimum atomic E-state index is -0.809. The van der Waals surface area contributed by atoms with E-state index in [1.165, 1.54) is 64.2 Å². The number of carbonyl (C=O) groups is 3. The molecular formula is C64H104O6. The fourth-order valence-electron chi connectivity index (χ4n) is 7.53. The van der Waals surface area contributed by atoms with Gasteiger partial charge < -0.3 is 14.2 Å². The van der Waals surface area contributed by atoms with E-state index in [2.05, 4.69) is 142 Å². The molecule has 0 aliphatic carbocycles. The number of rotatable bonds is 50. The Morgan fingerprint density at radius 1 is 0.314 bits per heavy atom. The molecule has 0 aromatic heterocycles. The van der Waals surface area contributed by atoms with E-state index in [1.54, 1.807) is 0 Å². The molecule has 0 fully saturated rings. The van der Waals surface area contributed by atoms with Crippen LogP contribution in [0.3, 0.4) is 0 Å². The molecule has 1 atom stereocenters. The van der Waals surface area contributed by atoms with Gasteiger partial charge in [-0.15, -0.1) is 0 Å². The Morgan fingerprint density at radius 2 is 0.614 bits per heavy atom. The maximum absolute atomic E-state index is 12.9. The molecule has 70 heavy (non-hydrogen) atoms. The smallest absolute Gasteiger partial charge is 0.306 e. The lowest BCUT2D eigenvalue weighted by Crippen LogP contribution is -2.30. The third-order valence-corrected chi connectivity index (χ3v) is 11.8. The first-order valence-electron chi connectivity index (χ1n) is 28.6. The first-order chi connectivity index (χ1) is 34.5. The van der Waals surface area contributed by atoms with E-state index in [0.717, 1.165) is 141 Å². The molecule has 0 amide bonds. The van der Waals surface area contributed by atoms with Crippen LogP contribution < -0.4 is 0 Å². The quantitative estimate of drug-likeness (QED) is 0.0199. The molecule has 0 aromatic rings. The van der Waals surface area contributed by atoms with Crippen molar-refractivity contribution in [2.75, 3.05) is 13.2 Å². The fourth-order valence-corrected chi connectivity index (χ4v) is 7.53. The summed E-state index contributed by atoms with van der Waals surface area (Å²) in [5, 5.41) is 0. The van der Waals surface area contributed by atoms with Crippen molar-refractivity contribution in [2.45, 2.75) is 252 Å². The Hall–Kier alpha value is -4.19.